The maximum absolute atomic E-state index is 8.87. The summed E-state index contributed by atoms with van der Waals surface area (Å²) in [6.45, 7) is 0. The molecular formula is C13H9N. The van der Waals surface area contributed by atoms with E-state index in [9.17, 15) is 0 Å². The van der Waals surface area contributed by atoms with Crippen molar-refractivity contribution in [3.63, 3.8) is 0 Å². The zero-order valence-corrected chi connectivity index (χ0v) is 7.57. The molecule has 1 aromatic carbocycles. The topological polar surface area (TPSA) is 23.8 Å². The van der Waals surface area contributed by atoms with Gasteiger partial charge in [-0.1, -0.05) is 42.5 Å². The summed E-state index contributed by atoms with van der Waals surface area (Å²) in [6.07, 6.45) is 5.68. The van der Waals surface area contributed by atoms with Crippen molar-refractivity contribution < 1.29 is 1.37 Å². The highest BCUT2D eigenvalue weighted by molar-refractivity contribution is 5.64. The van der Waals surface area contributed by atoms with Crippen LogP contribution in [0.4, 0.5) is 0 Å². The van der Waals surface area contributed by atoms with E-state index >= 15 is 0 Å². The van der Waals surface area contributed by atoms with E-state index in [-0.39, 0.29) is 5.92 Å². The smallest absolute Gasteiger partial charge is 0.0950 e. The zero-order chi connectivity index (χ0) is 10.5. The lowest BCUT2D eigenvalue weighted by atomic mass is 9.68. The largest absolute Gasteiger partial charge is 0.193 e. The Hall–Kier alpha value is -1.81. The predicted octanol–water partition coefficient (Wildman–Crippen LogP) is 2.88. The van der Waals surface area contributed by atoms with Crippen LogP contribution in [0.2, 0.25) is 0 Å². The molecule has 3 rings (SSSR count). The van der Waals surface area contributed by atoms with E-state index in [1.54, 1.807) is 0 Å². The highest BCUT2D eigenvalue weighted by Crippen LogP contribution is 2.46. The average molecular weight is 180 g/mol. The molecule has 1 aromatic rings. The van der Waals surface area contributed by atoms with Crippen LogP contribution < -0.4 is 0 Å². The quantitative estimate of drug-likeness (QED) is 0.602. The summed E-state index contributed by atoms with van der Waals surface area (Å²) < 4.78 is 8.23. The molecule has 0 radical (unpaired) electrons. The Kier molecular flexibility index (Phi) is 1.22. The molecule has 0 saturated carbocycles. The number of hydrogen-bond donors (Lipinski definition) is 0. The Labute approximate surface area is 84.4 Å². The van der Waals surface area contributed by atoms with Crippen molar-refractivity contribution in [2.24, 2.45) is 5.89 Å². The number of fused-ring (bicyclic) bond motifs is 3. The maximum atomic E-state index is 8.87. The van der Waals surface area contributed by atoms with Gasteiger partial charge in [-0.2, -0.15) is 5.26 Å². The van der Waals surface area contributed by atoms with Gasteiger partial charge in [0.1, 0.15) is 0 Å². The Bertz CT molecular complexity index is 536. The van der Waals surface area contributed by atoms with Gasteiger partial charge < -0.3 is 0 Å². The van der Waals surface area contributed by atoms with E-state index in [0.29, 0.717) is 5.57 Å². The fraction of sp³-hybridized carbons (Fsp3) is 0.154. The standard InChI is InChI=1S/C13H9N/c14-8-10-7-13-11-4-2-1-3-9(11)5-6-12(10)13/h1-7,12-13H/i12D. The number of nitrogens with zero attached hydrogens (tertiary/aromatic N) is 1. The highest BCUT2D eigenvalue weighted by atomic mass is 14.4. The molecule has 0 bridgehead atoms. The van der Waals surface area contributed by atoms with Gasteiger partial charge in [-0.15, -0.1) is 0 Å². The van der Waals surface area contributed by atoms with Crippen LogP contribution in [0, 0.1) is 17.2 Å². The summed E-state index contributed by atoms with van der Waals surface area (Å²) in [5.41, 5.74) is 2.89. The molecule has 0 spiro atoms. The molecule has 2 unspecified atom stereocenters. The minimum absolute atomic E-state index is 0.0633. The lowest BCUT2D eigenvalue weighted by Crippen LogP contribution is -2.23. The van der Waals surface area contributed by atoms with Gasteiger partial charge in [-0.05, 0) is 11.1 Å². The van der Waals surface area contributed by atoms with Crippen molar-refractivity contribution in [1.82, 2.24) is 0 Å². The molecule has 0 N–H and O–H groups in total. The second-order valence-electron chi connectivity index (χ2n) is 3.59. The molecule has 0 aliphatic heterocycles. The third-order valence-corrected chi connectivity index (χ3v) is 2.87. The molecular weight excluding hydrogens is 170 g/mol. The monoisotopic (exact) mass is 180 g/mol. The Morgan fingerprint density at radius 3 is 3.07 bits per heavy atom. The Morgan fingerprint density at radius 2 is 2.21 bits per heavy atom. The number of nitriles is 1. The Balaban J connectivity index is 2.20. The minimum atomic E-state index is -0.802. The third kappa shape index (κ3) is 0.831. The molecule has 0 heterocycles. The van der Waals surface area contributed by atoms with E-state index in [2.05, 4.69) is 6.07 Å². The molecule has 0 aromatic heterocycles. The molecule has 2 aliphatic carbocycles. The molecule has 14 heavy (non-hydrogen) atoms. The highest BCUT2D eigenvalue weighted by Gasteiger charge is 2.34. The van der Waals surface area contributed by atoms with Crippen LogP contribution in [0.25, 0.3) is 6.08 Å². The normalized spacial score (nSPS) is 32.9. The van der Waals surface area contributed by atoms with Gasteiger partial charge in [0.15, 0.2) is 0 Å². The molecule has 0 amide bonds. The van der Waals surface area contributed by atoms with Crippen molar-refractivity contribution >= 4 is 6.08 Å². The summed E-state index contributed by atoms with van der Waals surface area (Å²) >= 11 is 0. The summed E-state index contributed by atoms with van der Waals surface area (Å²) in [6, 6.07) is 10.2. The van der Waals surface area contributed by atoms with Crippen LogP contribution in [0.3, 0.4) is 0 Å². The average Bonchev–Trinajstić information content (AvgIpc) is 2.25. The van der Waals surface area contributed by atoms with Gasteiger partial charge in [0, 0.05) is 18.8 Å². The van der Waals surface area contributed by atoms with E-state index in [4.69, 9.17) is 6.63 Å². The van der Waals surface area contributed by atoms with Gasteiger partial charge in [-0.3, -0.25) is 0 Å². The van der Waals surface area contributed by atoms with E-state index in [0.717, 1.165) is 5.56 Å². The van der Waals surface area contributed by atoms with Crippen LogP contribution in [-0.4, -0.2) is 0 Å². The van der Waals surface area contributed by atoms with Crippen molar-refractivity contribution in [3.8, 4) is 6.07 Å². The molecule has 2 atom stereocenters. The van der Waals surface area contributed by atoms with Gasteiger partial charge in [0.05, 0.1) is 6.07 Å². The van der Waals surface area contributed by atoms with Gasteiger partial charge in [0.2, 0.25) is 0 Å². The first kappa shape index (κ1) is 6.62. The summed E-state index contributed by atoms with van der Waals surface area (Å²) in [4.78, 5) is 0. The van der Waals surface area contributed by atoms with Crippen LogP contribution >= 0.6 is 0 Å². The van der Waals surface area contributed by atoms with Crippen LogP contribution in [0.15, 0.2) is 42.0 Å². The van der Waals surface area contributed by atoms with Crippen LogP contribution in [0.5, 0.6) is 0 Å². The Morgan fingerprint density at radius 1 is 1.36 bits per heavy atom. The number of hydrogen-bond acceptors (Lipinski definition) is 1. The fourth-order valence-electron chi connectivity index (χ4n) is 2.10. The lowest BCUT2D eigenvalue weighted by molar-refractivity contribution is 0.608. The van der Waals surface area contributed by atoms with Gasteiger partial charge in [-0.25, -0.2) is 0 Å². The first-order chi connectivity index (χ1) is 7.25. The zero-order valence-electron chi connectivity index (χ0n) is 8.57. The molecule has 1 heteroatoms. The van der Waals surface area contributed by atoms with Crippen molar-refractivity contribution in [2.45, 2.75) is 5.92 Å². The second-order valence-corrected chi connectivity index (χ2v) is 3.59. The number of rotatable bonds is 0. The summed E-state index contributed by atoms with van der Waals surface area (Å²) in [5.74, 6) is -0.739. The molecule has 0 fully saturated rings. The van der Waals surface area contributed by atoms with E-state index in [1.165, 1.54) is 5.56 Å². The molecule has 2 aliphatic rings. The number of allylic oxidation sites excluding steroid dienone is 3. The minimum Gasteiger partial charge on any atom is -0.193 e. The van der Waals surface area contributed by atoms with E-state index in [1.807, 2.05) is 42.5 Å². The third-order valence-electron chi connectivity index (χ3n) is 2.87. The lowest BCUT2D eigenvalue weighted by Gasteiger charge is -2.34. The van der Waals surface area contributed by atoms with Crippen molar-refractivity contribution in [1.29, 1.82) is 5.26 Å². The second kappa shape index (κ2) is 2.59. The fourth-order valence-corrected chi connectivity index (χ4v) is 2.10. The first-order valence-corrected chi connectivity index (χ1v) is 4.66. The predicted molar refractivity (Wildman–Crippen MR) is 55.4 cm³/mol. The maximum Gasteiger partial charge on any atom is 0.0950 e. The molecule has 66 valence electrons. The molecule has 0 saturated heterocycles. The summed E-state index contributed by atoms with van der Waals surface area (Å²) in [5, 5.41) is 8.87. The van der Waals surface area contributed by atoms with E-state index < -0.39 is 5.89 Å². The van der Waals surface area contributed by atoms with Gasteiger partial charge in [0.25, 0.3) is 0 Å². The van der Waals surface area contributed by atoms with Crippen LogP contribution in [-0.2, 0) is 0 Å². The molecule has 1 nitrogen and oxygen atoms in total. The number of benzene rings is 1. The van der Waals surface area contributed by atoms with Crippen molar-refractivity contribution in [3.05, 3.63) is 53.1 Å². The van der Waals surface area contributed by atoms with Crippen molar-refractivity contribution in [2.75, 3.05) is 0 Å². The first-order valence-electron chi connectivity index (χ1n) is 5.16. The van der Waals surface area contributed by atoms with Crippen LogP contribution in [0.1, 0.15) is 18.4 Å². The van der Waals surface area contributed by atoms with Gasteiger partial charge >= 0.3 is 0 Å². The SMILES string of the molecule is [2H]C12C=Cc3ccccc3C1C=C2C#N. The summed E-state index contributed by atoms with van der Waals surface area (Å²) in [7, 11) is 0.